The molecule has 1 saturated heterocycles. The first kappa shape index (κ1) is 19.5. The van der Waals surface area contributed by atoms with Crippen molar-refractivity contribution in [2.45, 2.75) is 13.5 Å². The van der Waals surface area contributed by atoms with E-state index in [2.05, 4.69) is 11.1 Å². The Morgan fingerprint density at radius 2 is 1.78 bits per heavy atom. The smallest absolute Gasteiger partial charge is 0.161 e. The van der Waals surface area contributed by atoms with E-state index < -0.39 is 0 Å². The molecule has 0 spiro atoms. The Bertz CT molecular complexity index is 802. The van der Waals surface area contributed by atoms with Crippen molar-refractivity contribution in [3.8, 4) is 11.5 Å². The Morgan fingerprint density at radius 3 is 2.44 bits per heavy atom. The van der Waals surface area contributed by atoms with Crippen molar-refractivity contribution in [1.29, 1.82) is 0 Å². The van der Waals surface area contributed by atoms with Crippen LogP contribution in [0.3, 0.4) is 0 Å². The third-order valence-corrected chi connectivity index (χ3v) is 5.31. The molecule has 144 valence electrons. The molecular formula is C21H27ClN3O2+. The van der Waals surface area contributed by atoms with Gasteiger partial charge in [-0.1, -0.05) is 29.8 Å². The number of benzene rings is 2. The SMILES string of the molecule is COc1ccc(/C(C)=N/N2CC[NH+](Cc3ccccc3Cl)CC2)cc1OC. The fourth-order valence-electron chi connectivity index (χ4n) is 3.33. The second kappa shape index (κ2) is 9.11. The number of piperazine rings is 1. The minimum Gasteiger partial charge on any atom is -0.493 e. The Kier molecular flexibility index (Phi) is 6.58. The number of hydrogen-bond donors (Lipinski definition) is 1. The Labute approximate surface area is 166 Å². The molecule has 1 heterocycles. The number of nitrogens with zero attached hydrogens (tertiary/aromatic N) is 2. The molecule has 27 heavy (non-hydrogen) atoms. The van der Waals surface area contributed by atoms with E-state index in [4.69, 9.17) is 26.2 Å². The van der Waals surface area contributed by atoms with Crippen LogP contribution in [0.1, 0.15) is 18.1 Å². The zero-order valence-electron chi connectivity index (χ0n) is 16.2. The predicted molar refractivity (Wildman–Crippen MR) is 109 cm³/mol. The van der Waals surface area contributed by atoms with Crippen molar-refractivity contribution in [3.05, 3.63) is 58.6 Å². The molecule has 0 radical (unpaired) electrons. The monoisotopic (exact) mass is 388 g/mol. The first-order valence-electron chi connectivity index (χ1n) is 9.20. The summed E-state index contributed by atoms with van der Waals surface area (Å²) in [4.78, 5) is 1.54. The van der Waals surface area contributed by atoms with Gasteiger partial charge in [0.15, 0.2) is 11.5 Å². The molecule has 0 aromatic heterocycles. The van der Waals surface area contributed by atoms with Crippen LogP contribution in [0.5, 0.6) is 11.5 Å². The zero-order valence-corrected chi connectivity index (χ0v) is 16.9. The fourth-order valence-corrected chi connectivity index (χ4v) is 3.53. The maximum atomic E-state index is 6.29. The van der Waals surface area contributed by atoms with Gasteiger partial charge in [-0.3, -0.25) is 5.01 Å². The standard InChI is InChI=1S/C21H26ClN3O2/c1-16(17-8-9-20(26-2)21(14-17)27-3)23-25-12-10-24(11-13-25)15-18-6-4-5-7-19(18)22/h4-9,14H,10-13,15H2,1-3H3/p+1/b23-16+. The quantitative estimate of drug-likeness (QED) is 0.773. The number of halogens is 1. The Balaban J connectivity index is 1.60. The first-order valence-corrected chi connectivity index (χ1v) is 9.58. The number of ether oxygens (including phenoxy) is 2. The van der Waals surface area contributed by atoms with Crippen molar-refractivity contribution in [1.82, 2.24) is 5.01 Å². The maximum absolute atomic E-state index is 6.29. The number of quaternary nitrogens is 1. The molecule has 1 N–H and O–H groups in total. The molecule has 0 bridgehead atoms. The summed E-state index contributed by atoms with van der Waals surface area (Å²) < 4.78 is 10.7. The van der Waals surface area contributed by atoms with E-state index in [1.165, 1.54) is 5.56 Å². The average molecular weight is 389 g/mol. The lowest BCUT2D eigenvalue weighted by Gasteiger charge is -2.31. The predicted octanol–water partition coefficient (Wildman–Crippen LogP) is 2.48. The maximum Gasteiger partial charge on any atom is 0.161 e. The van der Waals surface area contributed by atoms with Gasteiger partial charge in [-0.2, -0.15) is 5.10 Å². The van der Waals surface area contributed by atoms with E-state index in [0.29, 0.717) is 0 Å². The molecular weight excluding hydrogens is 362 g/mol. The minimum atomic E-state index is 0.721. The van der Waals surface area contributed by atoms with Crippen LogP contribution in [0.2, 0.25) is 5.02 Å². The molecule has 0 atom stereocenters. The van der Waals surface area contributed by atoms with Crippen molar-refractivity contribution < 1.29 is 14.4 Å². The number of nitrogens with one attached hydrogen (secondary N) is 1. The van der Waals surface area contributed by atoms with Gasteiger partial charge in [-0.25, -0.2) is 0 Å². The summed E-state index contributed by atoms with van der Waals surface area (Å²) in [5.41, 5.74) is 3.23. The summed E-state index contributed by atoms with van der Waals surface area (Å²) in [5.74, 6) is 1.45. The fraction of sp³-hybridized carbons (Fsp3) is 0.381. The highest BCUT2D eigenvalue weighted by Crippen LogP contribution is 2.27. The molecule has 1 aliphatic rings. The van der Waals surface area contributed by atoms with Crippen molar-refractivity contribution in [2.24, 2.45) is 5.10 Å². The van der Waals surface area contributed by atoms with Gasteiger partial charge in [0, 0.05) is 16.1 Å². The van der Waals surface area contributed by atoms with Crippen LogP contribution in [0, 0.1) is 0 Å². The van der Waals surface area contributed by atoms with E-state index in [1.807, 2.05) is 43.3 Å². The first-order chi connectivity index (χ1) is 13.1. The van der Waals surface area contributed by atoms with Crippen LogP contribution in [0.15, 0.2) is 47.6 Å². The number of hydrogen-bond acceptors (Lipinski definition) is 4. The second-order valence-electron chi connectivity index (χ2n) is 6.73. The van der Waals surface area contributed by atoms with Gasteiger partial charge in [0.2, 0.25) is 0 Å². The van der Waals surface area contributed by atoms with Crippen molar-refractivity contribution in [2.75, 3.05) is 40.4 Å². The van der Waals surface area contributed by atoms with Crippen LogP contribution in [-0.4, -0.2) is 51.1 Å². The molecule has 0 amide bonds. The number of rotatable bonds is 6. The third kappa shape index (κ3) is 4.93. The summed E-state index contributed by atoms with van der Waals surface area (Å²) in [7, 11) is 3.29. The molecule has 2 aromatic rings. The van der Waals surface area contributed by atoms with E-state index in [1.54, 1.807) is 19.1 Å². The normalized spacial score (nSPS) is 15.7. The van der Waals surface area contributed by atoms with Gasteiger partial charge in [-0.05, 0) is 31.2 Å². The highest BCUT2D eigenvalue weighted by molar-refractivity contribution is 6.31. The molecule has 1 fully saturated rings. The molecule has 5 nitrogen and oxygen atoms in total. The van der Waals surface area contributed by atoms with Gasteiger partial charge in [0.1, 0.15) is 6.54 Å². The Hall–Kier alpha value is -2.24. The lowest BCUT2D eigenvalue weighted by atomic mass is 10.1. The zero-order chi connectivity index (χ0) is 19.2. The topological polar surface area (TPSA) is 38.5 Å². The minimum absolute atomic E-state index is 0.721. The van der Waals surface area contributed by atoms with E-state index in [0.717, 1.165) is 60.5 Å². The molecule has 1 aliphatic heterocycles. The lowest BCUT2D eigenvalue weighted by Crippen LogP contribution is -3.13. The third-order valence-electron chi connectivity index (χ3n) is 4.94. The second-order valence-corrected chi connectivity index (χ2v) is 7.13. The number of methoxy groups -OCH3 is 2. The van der Waals surface area contributed by atoms with Crippen LogP contribution in [-0.2, 0) is 6.54 Å². The van der Waals surface area contributed by atoms with Gasteiger partial charge in [-0.15, -0.1) is 0 Å². The molecule has 0 saturated carbocycles. The van der Waals surface area contributed by atoms with Crippen LogP contribution in [0.25, 0.3) is 0 Å². The molecule has 3 rings (SSSR count). The summed E-state index contributed by atoms with van der Waals surface area (Å²) >= 11 is 6.29. The molecule has 6 heteroatoms. The van der Waals surface area contributed by atoms with Gasteiger partial charge < -0.3 is 14.4 Å². The largest absolute Gasteiger partial charge is 0.493 e. The average Bonchev–Trinajstić information content (AvgIpc) is 2.70. The van der Waals surface area contributed by atoms with Gasteiger partial charge >= 0.3 is 0 Å². The lowest BCUT2D eigenvalue weighted by molar-refractivity contribution is -0.918. The van der Waals surface area contributed by atoms with Gasteiger partial charge in [0.25, 0.3) is 0 Å². The van der Waals surface area contributed by atoms with E-state index in [-0.39, 0.29) is 0 Å². The summed E-state index contributed by atoms with van der Waals surface area (Å²) in [6, 6.07) is 14.0. The molecule has 0 aliphatic carbocycles. The Morgan fingerprint density at radius 1 is 1.07 bits per heavy atom. The van der Waals surface area contributed by atoms with Gasteiger partial charge in [0.05, 0.1) is 46.1 Å². The highest BCUT2D eigenvalue weighted by atomic mass is 35.5. The molecule has 2 aromatic carbocycles. The van der Waals surface area contributed by atoms with Crippen LogP contribution in [0.4, 0.5) is 0 Å². The van der Waals surface area contributed by atoms with Crippen LogP contribution >= 0.6 is 11.6 Å². The molecule has 0 unspecified atom stereocenters. The van der Waals surface area contributed by atoms with Crippen molar-refractivity contribution >= 4 is 17.3 Å². The summed E-state index contributed by atoms with van der Waals surface area (Å²) in [6.45, 7) is 6.97. The number of hydrazone groups is 1. The van der Waals surface area contributed by atoms with E-state index >= 15 is 0 Å². The summed E-state index contributed by atoms with van der Waals surface area (Å²) in [5, 5.41) is 7.82. The van der Waals surface area contributed by atoms with E-state index in [9.17, 15) is 0 Å². The van der Waals surface area contributed by atoms with Crippen molar-refractivity contribution in [3.63, 3.8) is 0 Å². The van der Waals surface area contributed by atoms with Crippen LogP contribution < -0.4 is 14.4 Å². The highest BCUT2D eigenvalue weighted by Gasteiger charge is 2.20. The summed E-state index contributed by atoms with van der Waals surface area (Å²) in [6.07, 6.45) is 0.